The van der Waals surface area contributed by atoms with Crippen LogP contribution in [0.5, 0.6) is 11.5 Å². The van der Waals surface area contributed by atoms with E-state index in [1.807, 2.05) is 12.1 Å². The Morgan fingerprint density at radius 1 is 1.32 bits per heavy atom. The van der Waals surface area contributed by atoms with Crippen LogP contribution in [0.4, 0.5) is 0 Å². The van der Waals surface area contributed by atoms with Crippen LogP contribution in [0.3, 0.4) is 0 Å². The van der Waals surface area contributed by atoms with Crippen LogP contribution in [-0.2, 0) is 6.54 Å². The fourth-order valence-corrected chi connectivity index (χ4v) is 2.57. The summed E-state index contributed by atoms with van der Waals surface area (Å²) in [6, 6.07) is 4.45. The summed E-state index contributed by atoms with van der Waals surface area (Å²) in [5.74, 6) is 2.22. The minimum absolute atomic E-state index is 0.554. The van der Waals surface area contributed by atoms with Gasteiger partial charge in [-0.05, 0) is 37.5 Å². The molecule has 1 aliphatic carbocycles. The Labute approximate surface area is 136 Å². The highest BCUT2D eigenvalue weighted by Gasteiger charge is 2.22. The Kier molecular flexibility index (Phi) is 4.93. The van der Waals surface area contributed by atoms with Crippen LogP contribution in [-0.4, -0.2) is 31.8 Å². The van der Waals surface area contributed by atoms with Gasteiger partial charge < -0.3 is 20.1 Å². The zero-order valence-electron chi connectivity index (χ0n) is 12.8. The number of halogens is 1. The van der Waals surface area contributed by atoms with E-state index in [0.717, 1.165) is 30.2 Å². The lowest BCUT2D eigenvalue weighted by Crippen LogP contribution is -2.38. The summed E-state index contributed by atoms with van der Waals surface area (Å²) in [6.07, 6.45) is 3.31. The number of rotatable bonds is 4. The van der Waals surface area contributed by atoms with Crippen LogP contribution in [0.2, 0.25) is 5.02 Å². The van der Waals surface area contributed by atoms with Crippen LogP contribution in [0.25, 0.3) is 0 Å². The molecule has 0 amide bonds. The van der Waals surface area contributed by atoms with Crippen LogP contribution >= 0.6 is 11.6 Å². The molecular weight excluding hydrogens is 302 g/mol. The number of nitrogens with one attached hydrogen (secondary N) is 2. The molecule has 1 saturated carbocycles. The number of hydrogen-bond acceptors (Lipinski definition) is 3. The first-order chi connectivity index (χ1) is 10.8. The molecule has 2 aliphatic rings. The lowest BCUT2D eigenvalue weighted by Gasteiger charge is -2.12. The maximum Gasteiger partial charge on any atom is 0.191 e. The van der Waals surface area contributed by atoms with Gasteiger partial charge in [0.25, 0.3) is 0 Å². The van der Waals surface area contributed by atoms with Gasteiger partial charge in [0.05, 0.1) is 24.8 Å². The highest BCUT2D eigenvalue weighted by molar-refractivity contribution is 6.32. The van der Waals surface area contributed by atoms with Crippen LogP contribution < -0.4 is 20.1 Å². The van der Waals surface area contributed by atoms with Gasteiger partial charge in [0.15, 0.2) is 17.5 Å². The summed E-state index contributed by atoms with van der Waals surface area (Å²) >= 11 is 6.31. The van der Waals surface area contributed by atoms with E-state index in [2.05, 4.69) is 22.5 Å². The first kappa shape index (κ1) is 15.3. The molecule has 1 heterocycles. The van der Waals surface area contributed by atoms with Gasteiger partial charge >= 0.3 is 0 Å². The molecule has 0 unspecified atom stereocenters. The predicted molar refractivity (Wildman–Crippen MR) is 88.0 cm³/mol. The number of fused-ring (bicyclic) bond motifs is 1. The molecule has 6 heteroatoms. The van der Waals surface area contributed by atoms with Crippen molar-refractivity contribution in [2.75, 3.05) is 19.8 Å². The summed E-state index contributed by atoms with van der Waals surface area (Å²) in [5.41, 5.74) is 1.02. The highest BCUT2D eigenvalue weighted by atomic mass is 35.5. The van der Waals surface area contributed by atoms with E-state index in [-0.39, 0.29) is 0 Å². The first-order valence-corrected chi connectivity index (χ1v) is 8.27. The summed E-state index contributed by atoms with van der Waals surface area (Å²) in [6.45, 7) is 4.76. The smallest absolute Gasteiger partial charge is 0.191 e. The Morgan fingerprint density at radius 2 is 2.14 bits per heavy atom. The lowest BCUT2D eigenvalue weighted by atomic mass is 10.2. The quantitative estimate of drug-likeness (QED) is 0.661. The summed E-state index contributed by atoms with van der Waals surface area (Å²) < 4.78 is 11.4. The standard InChI is InChI=1S/C16H22ClN3O2/c1-2-18-16(20-12-4-5-12)19-10-11-8-13(17)15-14(9-11)21-6-3-7-22-15/h8-9,12H,2-7,10H2,1H3,(H2,18,19,20). The van der Waals surface area contributed by atoms with Crippen LogP contribution in [0.15, 0.2) is 17.1 Å². The van der Waals surface area contributed by atoms with E-state index < -0.39 is 0 Å². The van der Waals surface area contributed by atoms with E-state index in [1.54, 1.807) is 0 Å². The molecule has 3 rings (SSSR count). The molecule has 0 radical (unpaired) electrons. The Bertz CT molecular complexity index is 559. The minimum Gasteiger partial charge on any atom is -0.489 e. The molecule has 1 aliphatic heterocycles. The second-order valence-electron chi connectivity index (χ2n) is 5.57. The second-order valence-corrected chi connectivity index (χ2v) is 5.98. The molecule has 1 aromatic carbocycles. The zero-order valence-corrected chi connectivity index (χ0v) is 13.6. The zero-order chi connectivity index (χ0) is 15.4. The van der Waals surface area contributed by atoms with Crippen molar-refractivity contribution >= 4 is 17.6 Å². The number of guanidine groups is 1. The molecular formula is C16H22ClN3O2. The Hall–Kier alpha value is -1.62. The SMILES string of the molecule is CCNC(=NCc1cc(Cl)c2c(c1)OCCCO2)NC1CC1. The third kappa shape index (κ3) is 3.97. The topological polar surface area (TPSA) is 54.9 Å². The third-order valence-electron chi connectivity index (χ3n) is 3.54. The number of hydrogen-bond donors (Lipinski definition) is 2. The van der Waals surface area contributed by atoms with Gasteiger partial charge in [0.2, 0.25) is 0 Å². The van der Waals surface area contributed by atoms with Crippen LogP contribution in [0, 0.1) is 0 Å². The van der Waals surface area contributed by atoms with Gasteiger partial charge in [-0.15, -0.1) is 0 Å². The first-order valence-electron chi connectivity index (χ1n) is 7.89. The molecule has 0 spiro atoms. The number of aliphatic imine (C=N–C) groups is 1. The van der Waals surface area contributed by atoms with Crippen molar-refractivity contribution in [3.05, 3.63) is 22.7 Å². The van der Waals surface area contributed by atoms with Gasteiger partial charge in [0.1, 0.15) is 0 Å². The van der Waals surface area contributed by atoms with Crippen LogP contribution in [0.1, 0.15) is 31.7 Å². The van der Waals surface area contributed by atoms with Gasteiger partial charge in [0, 0.05) is 19.0 Å². The average molecular weight is 324 g/mol. The molecule has 22 heavy (non-hydrogen) atoms. The maximum atomic E-state index is 6.31. The number of benzene rings is 1. The Morgan fingerprint density at radius 3 is 2.91 bits per heavy atom. The van der Waals surface area contributed by atoms with Gasteiger partial charge in [-0.1, -0.05) is 11.6 Å². The average Bonchev–Trinajstić information content (AvgIpc) is 3.31. The second kappa shape index (κ2) is 7.09. The van der Waals surface area contributed by atoms with E-state index in [9.17, 15) is 0 Å². The molecule has 1 fully saturated rings. The monoisotopic (exact) mass is 323 g/mol. The molecule has 0 saturated heterocycles. The summed E-state index contributed by atoms with van der Waals surface area (Å²) in [5, 5.41) is 7.25. The normalized spacial score (nSPS) is 17.8. The van der Waals surface area contributed by atoms with E-state index in [0.29, 0.717) is 36.6 Å². The molecule has 0 bridgehead atoms. The number of nitrogens with zero attached hydrogens (tertiary/aromatic N) is 1. The minimum atomic E-state index is 0.554. The van der Waals surface area contributed by atoms with E-state index in [4.69, 9.17) is 21.1 Å². The van der Waals surface area contributed by atoms with Crippen molar-refractivity contribution < 1.29 is 9.47 Å². The fraction of sp³-hybridized carbons (Fsp3) is 0.562. The molecule has 1 aromatic rings. The highest BCUT2D eigenvalue weighted by Crippen LogP contribution is 2.38. The van der Waals surface area contributed by atoms with Crippen molar-refractivity contribution in [2.24, 2.45) is 4.99 Å². The molecule has 120 valence electrons. The van der Waals surface area contributed by atoms with Crippen molar-refractivity contribution in [3.8, 4) is 11.5 Å². The lowest BCUT2D eigenvalue weighted by molar-refractivity contribution is 0.297. The fourth-order valence-electron chi connectivity index (χ4n) is 2.29. The third-order valence-corrected chi connectivity index (χ3v) is 3.82. The van der Waals surface area contributed by atoms with E-state index in [1.165, 1.54) is 12.8 Å². The van der Waals surface area contributed by atoms with Crippen molar-refractivity contribution in [1.82, 2.24) is 10.6 Å². The molecule has 0 aromatic heterocycles. The molecule has 5 nitrogen and oxygen atoms in total. The maximum absolute atomic E-state index is 6.31. The van der Waals surface area contributed by atoms with Crippen molar-refractivity contribution in [3.63, 3.8) is 0 Å². The Balaban J connectivity index is 1.73. The van der Waals surface area contributed by atoms with Gasteiger partial charge in [-0.2, -0.15) is 0 Å². The summed E-state index contributed by atoms with van der Waals surface area (Å²) in [4.78, 5) is 4.62. The van der Waals surface area contributed by atoms with Gasteiger partial charge in [-0.3, -0.25) is 0 Å². The molecule has 2 N–H and O–H groups in total. The molecule has 0 atom stereocenters. The predicted octanol–water partition coefficient (Wildman–Crippen LogP) is 2.72. The van der Waals surface area contributed by atoms with E-state index >= 15 is 0 Å². The number of ether oxygens (including phenoxy) is 2. The van der Waals surface area contributed by atoms with Crippen molar-refractivity contribution in [1.29, 1.82) is 0 Å². The van der Waals surface area contributed by atoms with Crippen molar-refractivity contribution in [2.45, 2.75) is 38.8 Å². The van der Waals surface area contributed by atoms with Gasteiger partial charge in [-0.25, -0.2) is 4.99 Å². The largest absolute Gasteiger partial charge is 0.489 e. The summed E-state index contributed by atoms with van der Waals surface area (Å²) in [7, 11) is 0.